The van der Waals surface area contributed by atoms with E-state index in [-0.39, 0.29) is 0 Å². The Hall–Kier alpha value is -8.26. The number of anilines is 3. The van der Waals surface area contributed by atoms with Crippen LogP contribution < -0.4 is 4.90 Å². The monoisotopic (exact) mass is 827 g/mol. The molecule has 1 heteroatoms. The molecule has 11 aromatic carbocycles. The van der Waals surface area contributed by atoms with Crippen molar-refractivity contribution in [2.75, 3.05) is 4.90 Å². The fourth-order valence-corrected chi connectivity index (χ4v) is 10.7. The predicted molar refractivity (Wildman–Crippen MR) is 275 cm³/mol. The maximum absolute atomic E-state index is 2.50. The van der Waals surface area contributed by atoms with Crippen LogP contribution in [-0.4, -0.2) is 0 Å². The third-order valence-electron chi connectivity index (χ3n) is 13.7. The van der Waals surface area contributed by atoms with E-state index in [0.717, 1.165) is 22.6 Å². The summed E-state index contributed by atoms with van der Waals surface area (Å²) in [7, 11) is 0. The van der Waals surface area contributed by atoms with Gasteiger partial charge in [-0.15, -0.1) is 0 Å². The fraction of sp³-hybridized carbons (Fsp3) is 0.0312. The molecule has 0 aromatic heterocycles. The minimum atomic E-state index is -0.401. The average molecular weight is 828 g/mol. The van der Waals surface area contributed by atoms with Crippen LogP contribution in [0.3, 0.4) is 0 Å². The van der Waals surface area contributed by atoms with Crippen LogP contribution in [-0.2, 0) is 5.41 Å². The van der Waals surface area contributed by atoms with Gasteiger partial charge in [0.25, 0.3) is 0 Å². The molecule has 306 valence electrons. The van der Waals surface area contributed by atoms with Crippen LogP contribution in [0.2, 0.25) is 0 Å². The van der Waals surface area contributed by atoms with Crippen LogP contribution in [0.15, 0.2) is 255 Å². The third kappa shape index (κ3) is 6.39. The minimum absolute atomic E-state index is 0.401. The van der Waals surface area contributed by atoms with E-state index in [9.17, 15) is 0 Å². The van der Waals surface area contributed by atoms with Gasteiger partial charge in [-0.1, -0.05) is 218 Å². The maximum Gasteiger partial charge on any atom is 0.0512 e. The topological polar surface area (TPSA) is 3.24 Å². The van der Waals surface area contributed by atoms with Crippen molar-refractivity contribution in [3.63, 3.8) is 0 Å². The molecule has 0 amide bonds. The molecule has 1 aliphatic rings. The highest BCUT2D eigenvalue weighted by molar-refractivity contribution is 6.22. The lowest BCUT2D eigenvalue weighted by atomic mass is 9.73. The van der Waals surface area contributed by atoms with Gasteiger partial charge in [-0.05, 0) is 137 Å². The zero-order chi connectivity index (χ0) is 43.3. The number of fused-ring (bicyclic) bond motifs is 6. The lowest BCUT2D eigenvalue weighted by molar-refractivity contribution is 0.714. The van der Waals surface area contributed by atoms with Crippen molar-refractivity contribution in [2.45, 2.75) is 12.3 Å². The van der Waals surface area contributed by atoms with Gasteiger partial charge >= 0.3 is 0 Å². The van der Waals surface area contributed by atoms with Crippen LogP contribution in [0.25, 0.3) is 77.2 Å². The Bertz CT molecular complexity index is 3540. The first-order chi connectivity index (χ1) is 32.1. The Kier molecular flexibility index (Phi) is 9.35. The SMILES string of the molecule is CC1(c2ccccc2)c2ccccc2-c2cccc(N(c3cccc(-c4ccccc4)c3)c3cccc(-c4ccc5c(c4)c(-c4ccccc4)c(-c4ccccc4)c4ccccc45)c3)c21. The minimum Gasteiger partial charge on any atom is -0.310 e. The van der Waals surface area contributed by atoms with Crippen LogP contribution in [0.1, 0.15) is 23.6 Å². The van der Waals surface area contributed by atoms with E-state index in [2.05, 4.69) is 267 Å². The van der Waals surface area contributed by atoms with Crippen LogP contribution in [0.5, 0.6) is 0 Å². The molecule has 1 atom stereocenters. The van der Waals surface area contributed by atoms with Crippen molar-refractivity contribution in [1.29, 1.82) is 0 Å². The molecule has 0 saturated carbocycles. The standard InChI is InChI=1S/C64H45N/c1-64(50-29-12-5-13-30-50)59-37-17-16-34-55(59)57-36-20-38-60(63(57)64)65(51-31-18-27-47(41-51)44-21-6-2-7-22-44)52-32-19-28-48(42-52)49-39-40-54-53-33-14-15-35-56(53)61(45-23-8-3-9-24-45)62(58(54)43-49)46-25-10-4-11-26-46/h2-43H,1H3. The van der Waals surface area contributed by atoms with E-state index in [1.165, 1.54) is 88.3 Å². The summed E-state index contributed by atoms with van der Waals surface area (Å²) < 4.78 is 0. The Morgan fingerprint density at radius 2 is 0.769 bits per heavy atom. The molecular weight excluding hydrogens is 783 g/mol. The molecule has 0 fully saturated rings. The molecule has 1 aliphatic carbocycles. The molecule has 0 radical (unpaired) electrons. The van der Waals surface area contributed by atoms with Gasteiger partial charge in [-0.2, -0.15) is 0 Å². The molecule has 11 aromatic rings. The fourth-order valence-electron chi connectivity index (χ4n) is 10.7. The van der Waals surface area contributed by atoms with Crippen molar-refractivity contribution in [1.82, 2.24) is 0 Å². The summed E-state index contributed by atoms with van der Waals surface area (Å²) in [6, 6.07) is 93.6. The van der Waals surface area contributed by atoms with Crippen molar-refractivity contribution in [3.05, 3.63) is 271 Å². The molecule has 0 bridgehead atoms. The lowest BCUT2D eigenvalue weighted by Gasteiger charge is -2.35. The average Bonchev–Trinajstić information content (AvgIpc) is 3.66. The highest BCUT2D eigenvalue weighted by Gasteiger charge is 2.43. The molecule has 0 heterocycles. The maximum atomic E-state index is 2.50. The predicted octanol–water partition coefficient (Wildman–Crippen LogP) is 17.5. The quantitative estimate of drug-likeness (QED) is 0.138. The van der Waals surface area contributed by atoms with Gasteiger partial charge in [0, 0.05) is 16.8 Å². The van der Waals surface area contributed by atoms with Crippen molar-refractivity contribution < 1.29 is 0 Å². The van der Waals surface area contributed by atoms with Crippen LogP contribution in [0, 0.1) is 0 Å². The van der Waals surface area contributed by atoms with Gasteiger partial charge in [-0.3, -0.25) is 0 Å². The van der Waals surface area contributed by atoms with Gasteiger partial charge in [0.2, 0.25) is 0 Å². The summed E-state index contributed by atoms with van der Waals surface area (Å²) in [4.78, 5) is 2.50. The molecule has 1 nitrogen and oxygen atoms in total. The first kappa shape index (κ1) is 38.4. The Labute approximate surface area is 381 Å². The largest absolute Gasteiger partial charge is 0.310 e. The van der Waals surface area contributed by atoms with E-state index < -0.39 is 5.41 Å². The summed E-state index contributed by atoms with van der Waals surface area (Å²) in [5, 5.41) is 5.00. The summed E-state index contributed by atoms with van der Waals surface area (Å²) in [5.41, 5.74) is 19.1. The first-order valence-corrected chi connectivity index (χ1v) is 22.6. The summed E-state index contributed by atoms with van der Waals surface area (Å²) in [6.45, 7) is 2.41. The van der Waals surface area contributed by atoms with E-state index in [0.29, 0.717) is 0 Å². The van der Waals surface area contributed by atoms with Gasteiger partial charge in [0.15, 0.2) is 0 Å². The third-order valence-corrected chi connectivity index (χ3v) is 13.7. The molecular formula is C64H45N. The smallest absolute Gasteiger partial charge is 0.0512 e. The van der Waals surface area contributed by atoms with E-state index in [1.54, 1.807) is 0 Å². The van der Waals surface area contributed by atoms with Gasteiger partial charge in [0.05, 0.1) is 5.69 Å². The summed E-state index contributed by atoms with van der Waals surface area (Å²) in [5.74, 6) is 0. The molecule has 0 spiro atoms. The second-order valence-corrected chi connectivity index (χ2v) is 17.3. The number of benzene rings is 11. The van der Waals surface area contributed by atoms with Crippen molar-refractivity contribution >= 4 is 38.6 Å². The summed E-state index contributed by atoms with van der Waals surface area (Å²) in [6.07, 6.45) is 0. The molecule has 65 heavy (non-hydrogen) atoms. The van der Waals surface area contributed by atoms with Gasteiger partial charge in [-0.25, -0.2) is 0 Å². The highest BCUT2D eigenvalue weighted by Crippen LogP contribution is 2.57. The van der Waals surface area contributed by atoms with Crippen molar-refractivity contribution in [2.24, 2.45) is 0 Å². The van der Waals surface area contributed by atoms with Gasteiger partial charge in [0.1, 0.15) is 0 Å². The second kappa shape index (κ2) is 15.8. The molecule has 0 N–H and O–H groups in total. The van der Waals surface area contributed by atoms with E-state index >= 15 is 0 Å². The van der Waals surface area contributed by atoms with Crippen LogP contribution >= 0.6 is 0 Å². The lowest BCUT2D eigenvalue weighted by Crippen LogP contribution is -2.25. The molecule has 0 saturated heterocycles. The molecule has 12 rings (SSSR count). The molecule has 0 aliphatic heterocycles. The zero-order valence-electron chi connectivity index (χ0n) is 36.2. The van der Waals surface area contributed by atoms with Crippen LogP contribution in [0.4, 0.5) is 17.1 Å². The summed E-state index contributed by atoms with van der Waals surface area (Å²) >= 11 is 0. The Morgan fingerprint density at radius 3 is 1.43 bits per heavy atom. The second-order valence-electron chi connectivity index (χ2n) is 17.3. The molecule has 1 unspecified atom stereocenters. The van der Waals surface area contributed by atoms with Gasteiger partial charge < -0.3 is 4.90 Å². The Balaban J connectivity index is 1.10. The Morgan fingerprint density at radius 1 is 0.308 bits per heavy atom. The number of nitrogens with zero attached hydrogens (tertiary/aromatic N) is 1. The zero-order valence-corrected chi connectivity index (χ0v) is 36.2. The first-order valence-electron chi connectivity index (χ1n) is 22.6. The van der Waals surface area contributed by atoms with E-state index in [4.69, 9.17) is 0 Å². The van der Waals surface area contributed by atoms with E-state index in [1.807, 2.05) is 0 Å². The highest BCUT2D eigenvalue weighted by atomic mass is 15.1. The van der Waals surface area contributed by atoms with Crippen molar-refractivity contribution in [3.8, 4) is 55.6 Å². The number of hydrogen-bond acceptors (Lipinski definition) is 1. The normalized spacial score (nSPS) is 14.0. The number of rotatable bonds is 8. The number of hydrogen-bond donors (Lipinski definition) is 0.